The zero-order valence-electron chi connectivity index (χ0n) is 15.1. The van der Waals surface area contributed by atoms with Gasteiger partial charge in [-0.15, -0.1) is 0 Å². The van der Waals surface area contributed by atoms with Crippen LogP contribution in [0.4, 0.5) is 0 Å². The Kier molecular flexibility index (Phi) is 5.26. The summed E-state index contributed by atoms with van der Waals surface area (Å²) in [4.78, 5) is 31.2. The lowest BCUT2D eigenvalue weighted by atomic mass is 10.1. The van der Waals surface area contributed by atoms with Crippen molar-refractivity contribution in [3.05, 3.63) is 35.9 Å². The average Bonchev–Trinajstić information content (AvgIpc) is 2.90. The van der Waals surface area contributed by atoms with Gasteiger partial charge >= 0.3 is 0 Å². The fourth-order valence-electron chi connectivity index (χ4n) is 2.42. The quantitative estimate of drug-likeness (QED) is 0.916. The van der Waals surface area contributed by atoms with Crippen molar-refractivity contribution in [3.8, 4) is 0 Å². The molecule has 6 heteroatoms. The van der Waals surface area contributed by atoms with Crippen LogP contribution in [0.1, 0.15) is 61.6 Å². The summed E-state index contributed by atoms with van der Waals surface area (Å²) < 4.78 is 1.68. The molecule has 2 aromatic heterocycles. The van der Waals surface area contributed by atoms with Crippen molar-refractivity contribution < 1.29 is 9.59 Å². The number of carbonyl (C=O) groups excluding carboxylic acids is 2. The van der Waals surface area contributed by atoms with Crippen LogP contribution in [0, 0.1) is 0 Å². The molecule has 2 rings (SSSR count). The number of fused-ring (bicyclic) bond motifs is 1. The summed E-state index contributed by atoms with van der Waals surface area (Å²) in [5.74, 6) is -0.191. The molecule has 130 valence electrons. The maximum Gasteiger partial charge on any atom is 0.289 e. The molecule has 0 atom stereocenters. The number of rotatable bonds is 5. The lowest BCUT2D eigenvalue weighted by molar-refractivity contribution is 0.0780. The van der Waals surface area contributed by atoms with Crippen LogP contribution in [-0.4, -0.2) is 45.2 Å². The van der Waals surface area contributed by atoms with Crippen molar-refractivity contribution in [3.63, 3.8) is 0 Å². The standard InChI is InChI=1S/C18H26N4O2/c1-6-7-11-21(5)17(24)15-19-14(16(23)20-18(2,3)4)13-10-8-9-12-22(13)15/h8-10,12H,6-7,11H2,1-5H3,(H,20,23). The van der Waals surface area contributed by atoms with Gasteiger partial charge in [0.2, 0.25) is 5.82 Å². The smallest absolute Gasteiger partial charge is 0.289 e. The molecule has 2 amide bonds. The highest BCUT2D eigenvalue weighted by Crippen LogP contribution is 2.16. The summed E-state index contributed by atoms with van der Waals surface area (Å²) in [7, 11) is 1.76. The molecule has 0 saturated carbocycles. The maximum atomic E-state index is 12.7. The van der Waals surface area contributed by atoms with Crippen LogP contribution in [0.15, 0.2) is 24.4 Å². The van der Waals surface area contributed by atoms with Gasteiger partial charge in [0.25, 0.3) is 11.8 Å². The monoisotopic (exact) mass is 330 g/mol. The van der Waals surface area contributed by atoms with Crippen LogP contribution >= 0.6 is 0 Å². The Labute approximate surface area is 142 Å². The summed E-state index contributed by atoms with van der Waals surface area (Å²) in [5.41, 5.74) is 0.536. The minimum Gasteiger partial charge on any atom is -0.346 e. The van der Waals surface area contributed by atoms with Crippen molar-refractivity contribution >= 4 is 17.3 Å². The number of aromatic nitrogens is 2. The molecule has 0 radical (unpaired) electrons. The number of unbranched alkanes of at least 4 members (excludes halogenated alkanes) is 1. The molecule has 0 aliphatic heterocycles. The van der Waals surface area contributed by atoms with Crippen molar-refractivity contribution in [1.82, 2.24) is 19.6 Å². The van der Waals surface area contributed by atoms with Crippen molar-refractivity contribution in [2.24, 2.45) is 0 Å². The highest BCUT2D eigenvalue weighted by atomic mass is 16.2. The van der Waals surface area contributed by atoms with Gasteiger partial charge in [-0.2, -0.15) is 0 Å². The third-order valence-corrected chi connectivity index (χ3v) is 3.64. The van der Waals surface area contributed by atoms with Crippen LogP contribution in [-0.2, 0) is 0 Å². The van der Waals surface area contributed by atoms with Gasteiger partial charge in [0.1, 0.15) is 0 Å². The van der Waals surface area contributed by atoms with E-state index in [1.807, 2.05) is 32.9 Å². The maximum absolute atomic E-state index is 12.7. The Morgan fingerprint density at radius 3 is 2.62 bits per heavy atom. The van der Waals surface area contributed by atoms with Gasteiger partial charge in [0.05, 0.1) is 5.52 Å². The van der Waals surface area contributed by atoms with E-state index in [4.69, 9.17) is 0 Å². The number of hydrogen-bond donors (Lipinski definition) is 1. The predicted molar refractivity (Wildman–Crippen MR) is 94.3 cm³/mol. The molecule has 0 aliphatic rings. The van der Waals surface area contributed by atoms with Gasteiger partial charge in [-0.05, 0) is 39.3 Å². The summed E-state index contributed by atoms with van der Waals surface area (Å²) in [6.07, 6.45) is 3.71. The number of nitrogens with one attached hydrogen (secondary N) is 1. The van der Waals surface area contributed by atoms with Crippen LogP contribution in [0.5, 0.6) is 0 Å². The lowest BCUT2D eigenvalue weighted by Gasteiger charge is -2.19. The van der Waals surface area contributed by atoms with Gasteiger partial charge in [-0.1, -0.05) is 19.4 Å². The minimum atomic E-state index is -0.371. The van der Waals surface area contributed by atoms with Crippen LogP contribution in [0.25, 0.3) is 5.52 Å². The van der Waals surface area contributed by atoms with Crippen molar-refractivity contribution in [1.29, 1.82) is 0 Å². The summed E-state index contributed by atoms with van der Waals surface area (Å²) in [5, 5.41) is 2.90. The van der Waals surface area contributed by atoms with E-state index in [9.17, 15) is 9.59 Å². The lowest BCUT2D eigenvalue weighted by Crippen LogP contribution is -2.40. The Balaban J connectivity index is 2.42. The average molecular weight is 330 g/mol. The Morgan fingerprint density at radius 1 is 1.29 bits per heavy atom. The molecule has 2 heterocycles. The van der Waals surface area contributed by atoms with E-state index < -0.39 is 0 Å². The highest BCUT2D eigenvalue weighted by molar-refractivity contribution is 6.02. The first-order chi connectivity index (χ1) is 11.2. The zero-order chi connectivity index (χ0) is 17.9. The summed E-state index contributed by atoms with van der Waals surface area (Å²) >= 11 is 0. The van der Waals surface area contributed by atoms with Crippen LogP contribution in [0.3, 0.4) is 0 Å². The Morgan fingerprint density at radius 2 is 2.00 bits per heavy atom. The second-order valence-corrected chi connectivity index (χ2v) is 7.02. The molecule has 0 spiro atoms. The van der Waals surface area contributed by atoms with E-state index >= 15 is 0 Å². The Hall–Kier alpha value is -2.37. The first-order valence-electron chi connectivity index (χ1n) is 8.29. The summed E-state index contributed by atoms with van der Waals surface area (Å²) in [6.45, 7) is 8.48. The molecule has 0 unspecified atom stereocenters. The number of amides is 2. The normalized spacial score (nSPS) is 11.5. The fourth-order valence-corrected chi connectivity index (χ4v) is 2.42. The van der Waals surface area contributed by atoms with E-state index in [1.54, 1.807) is 28.6 Å². The molecular weight excluding hydrogens is 304 g/mol. The summed E-state index contributed by atoms with van der Waals surface area (Å²) in [6, 6.07) is 5.45. The van der Waals surface area contributed by atoms with E-state index in [1.165, 1.54) is 0 Å². The van der Waals surface area contributed by atoms with E-state index in [2.05, 4.69) is 17.2 Å². The molecule has 2 aromatic rings. The topological polar surface area (TPSA) is 66.7 Å². The van der Waals surface area contributed by atoms with Crippen molar-refractivity contribution in [2.45, 2.75) is 46.1 Å². The number of carbonyl (C=O) groups is 2. The van der Waals surface area contributed by atoms with Gasteiger partial charge in [-0.3, -0.25) is 14.0 Å². The van der Waals surface area contributed by atoms with E-state index in [-0.39, 0.29) is 28.9 Å². The molecule has 6 nitrogen and oxygen atoms in total. The van der Waals surface area contributed by atoms with E-state index in [0.29, 0.717) is 12.1 Å². The SMILES string of the molecule is CCCCN(C)C(=O)c1nc(C(=O)NC(C)(C)C)c2ccccn12. The second-order valence-electron chi connectivity index (χ2n) is 7.02. The number of hydrogen-bond acceptors (Lipinski definition) is 3. The minimum absolute atomic E-state index is 0.181. The molecule has 1 N–H and O–H groups in total. The molecule has 0 saturated heterocycles. The third-order valence-electron chi connectivity index (χ3n) is 3.64. The fraction of sp³-hybridized carbons (Fsp3) is 0.500. The predicted octanol–water partition coefficient (Wildman–Crippen LogP) is 2.73. The van der Waals surface area contributed by atoms with Gasteiger partial charge < -0.3 is 10.2 Å². The zero-order valence-corrected chi connectivity index (χ0v) is 15.1. The highest BCUT2D eigenvalue weighted by Gasteiger charge is 2.25. The van der Waals surface area contributed by atoms with Crippen molar-refractivity contribution in [2.75, 3.05) is 13.6 Å². The largest absolute Gasteiger partial charge is 0.346 e. The number of pyridine rings is 1. The Bertz CT molecular complexity index is 743. The number of nitrogens with zero attached hydrogens (tertiary/aromatic N) is 3. The van der Waals surface area contributed by atoms with Gasteiger partial charge in [0.15, 0.2) is 5.69 Å². The molecular formula is C18H26N4O2. The van der Waals surface area contributed by atoms with Crippen LogP contribution in [0.2, 0.25) is 0 Å². The molecule has 24 heavy (non-hydrogen) atoms. The molecule has 0 bridgehead atoms. The molecule has 0 fully saturated rings. The van der Waals surface area contributed by atoms with Gasteiger partial charge in [0, 0.05) is 25.3 Å². The first-order valence-corrected chi connectivity index (χ1v) is 8.29. The second kappa shape index (κ2) is 7.03. The van der Waals surface area contributed by atoms with E-state index in [0.717, 1.165) is 12.8 Å². The van der Waals surface area contributed by atoms with Gasteiger partial charge in [-0.25, -0.2) is 4.98 Å². The number of imidazole rings is 1. The first kappa shape index (κ1) is 18.0. The molecule has 0 aliphatic carbocycles. The third kappa shape index (κ3) is 3.93. The molecule has 0 aromatic carbocycles. The van der Waals surface area contributed by atoms with Crippen LogP contribution < -0.4 is 5.32 Å².